The minimum Gasteiger partial charge on any atom is -0.354 e. The lowest BCUT2D eigenvalue weighted by Crippen LogP contribution is -2.53. The predicted molar refractivity (Wildman–Crippen MR) is 161 cm³/mol. The van der Waals surface area contributed by atoms with E-state index in [-0.39, 0.29) is 33.1 Å². The second-order valence-corrected chi connectivity index (χ2v) is 12.0. The molecule has 214 valence electrons. The van der Waals surface area contributed by atoms with Crippen LogP contribution in [-0.4, -0.2) is 50.8 Å². The van der Waals surface area contributed by atoms with Gasteiger partial charge in [0.15, 0.2) is 0 Å². The van der Waals surface area contributed by atoms with Crippen molar-refractivity contribution >= 4 is 50.7 Å². The van der Waals surface area contributed by atoms with Gasteiger partial charge in [0.05, 0.1) is 20.6 Å². The molecule has 7 nitrogen and oxygen atoms in total. The normalized spacial score (nSPS) is 12.0. The van der Waals surface area contributed by atoms with Crippen LogP contribution in [-0.2, 0) is 26.0 Å². The third-order valence-corrected chi connectivity index (χ3v) is 9.03. The summed E-state index contributed by atoms with van der Waals surface area (Å²) in [4.78, 5) is 28.7. The molecule has 0 spiro atoms. The smallest absolute Gasteiger partial charge is 0.264 e. The Kier molecular flexibility index (Phi) is 11.9. The average molecular weight is 605 g/mol. The van der Waals surface area contributed by atoms with E-state index in [0.717, 1.165) is 22.7 Å². The Morgan fingerprint density at radius 3 is 2.15 bits per heavy atom. The van der Waals surface area contributed by atoms with E-state index < -0.39 is 28.5 Å². The Hall–Kier alpha value is -3.07. The molecule has 3 aromatic rings. The highest BCUT2D eigenvalue weighted by atomic mass is 35.5. The van der Waals surface area contributed by atoms with Gasteiger partial charge in [0.1, 0.15) is 12.6 Å². The van der Waals surface area contributed by atoms with E-state index in [0.29, 0.717) is 19.4 Å². The summed E-state index contributed by atoms with van der Waals surface area (Å²) in [5, 5.41) is 3.34. The predicted octanol–water partition coefficient (Wildman–Crippen LogP) is 5.95. The van der Waals surface area contributed by atoms with Crippen LogP contribution in [0.1, 0.15) is 38.7 Å². The number of unbranched alkanes of at least 4 members (excludes halogenated alkanes) is 1. The van der Waals surface area contributed by atoms with Crippen LogP contribution in [0.15, 0.2) is 83.8 Å². The average Bonchev–Trinajstić information content (AvgIpc) is 2.96. The van der Waals surface area contributed by atoms with Gasteiger partial charge in [-0.05, 0) is 55.2 Å². The summed E-state index contributed by atoms with van der Waals surface area (Å²) in [5.74, 6) is -0.761. The van der Waals surface area contributed by atoms with Crippen LogP contribution in [0.2, 0.25) is 10.0 Å². The first-order valence-corrected chi connectivity index (χ1v) is 15.5. The summed E-state index contributed by atoms with van der Waals surface area (Å²) in [5.41, 5.74) is 1.19. The Morgan fingerprint density at radius 1 is 0.900 bits per heavy atom. The van der Waals surface area contributed by atoms with Gasteiger partial charge >= 0.3 is 0 Å². The maximum absolute atomic E-state index is 14.0. The third kappa shape index (κ3) is 8.22. The topological polar surface area (TPSA) is 86.8 Å². The van der Waals surface area contributed by atoms with Crippen molar-refractivity contribution in [1.29, 1.82) is 0 Å². The molecule has 0 unspecified atom stereocenters. The molecule has 3 aromatic carbocycles. The van der Waals surface area contributed by atoms with E-state index in [9.17, 15) is 18.0 Å². The molecule has 0 aliphatic carbocycles. The lowest BCUT2D eigenvalue weighted by atomic mass is 10.1. The molecule has 40 heavy (non-hydrogen) atoms. The number of benzene rings is 3. The van der Waals surface area contributed by atoms with Crippen molar-refractivity contribution in [3.05, 3.63) is 94.5 Å². The number of nitrogens with one attached hydrogen (secondary N) is 1. The number of hydrogen-bond donors (Lipinski definition) is 1. The summed E-state index contributed by atoms with van der Waals surface area (Å²) in [6.45, 7) is 4.09. The molecule has 0 fully saturated rings. The highest BCUT2D eigenvalue weighted by Gasteiger charge is 2.33. The van der Waals surface area contributed by atoms with Gasteiger partial charge in [0, 0.05) is 13.1 Å². The zero-order valence-electron chi connectivity index (χ0n) is 22.7. The second-order valence-electron chi connectivity index (χ2n) is 9.31. The van der Waals surface area contributed by atoms with Gasteiger partial charge in [0.2, 0.25) is 11.8 Å². The molecule has 0 heterocycles. The number of halogens is 2. The lowest BCUT2D eigenvalue weighted by Gasteiger charge is -2.33. The van der Waals surface area contributed by atoms with Crippen LogP contribution in [0.3, 0.4) is 0 Å². The molecule has 0 radical (unpaired) electrons. The van der Waals surface area contributed by atoms with Crippen molar-refractivity contribution in [2.24, 2.45) is 0 Å². The highest BCUT2D eigenvalue weighted by molar-refractivity contribution is 7.92. The lowest BCUT2D eigenvalue weighted by molar-refractivity contribution is -0.139. The van der Waals surface area contributed by atoms with E-state index in [2.05, 4.69) is 5.32 Å². The Labute approximate surface area is 247 Å². The van der Waals surface area contributed by atoms with Crippen molar-refractivity contribution in [3.63, 3.8) is 0 Å². The van der Waals surface area contributed by atoms with Crippen molar-refractivity contribution in [2.75, 3.05) is 23.9 Å². The van der Waals surface area contributed by atoms with E-state index in [1.165, 1.54) is 35.2 Å². The molecule has 1 atom stereocenters. The van der Waals surface area contributed by atoms with Crippen molar-refractivity contribution in [2.45, 2.75) is 50.5 Å². The van der Waals surface area contributed by atoms with Gasteiger partial charge < -0.3 is 10.2 Å². The van der Waals surface area contributed by atoms with Crippen LogP contribution in [0.4, 0.5) is 5.69 Å². The molecule has 2 amide bonds. The maximum atomic E-state index is 14.0. The number of carbonyl (C=O) groups is 2. The molecule has 10 heteroatoms. The van der Waals surface area contributed by atoms with Crippen LogP contribution >= 0.6 is 23.2 Å². The van der Waals surface area contributed by atoms with Crippen molar-refractivity contribution in [3.8, 4) is 0 Å². The number of rotatable bonds is 14. The zero-order chi connectivity index (χ0) is 29.1. The van der Waals surface area contributed by atoms with Crippen molar-refractivity contribution < 1.29 is 18.0 Å². The van der Waals surface area contributed by atoms with Gasteiger partial charge in [0.25, 0.3) is 10.0 Å². The number of anilines is 1. The molecule has 3 rings (SSSR count). The van der Waals surface area contributed by atoms with E-state index in [4.69, 9.17) is 23.2 Å². The molecule has 0 bridgehead atoms. The largest absolute Gasteiger partial charge is 0.354 e. The SMILES string of the molecule is CCCCNC(=O)[C@@H](CC)N(CCc1ccccc1)C(=O)CN(c1ccc(Cl)c(Cl)c1)S(=O)(=O)c1ccccc1. The zero-order valence-corrected chi connectivity index (χ0v) is 25.1. The minimum absolute atomic E-state index is 0.0223. The van der Waals surface area contributed by atoms with Gasteiger partial charge in [-0.25, -0.2) is 8.42 Å². The number of amides is 2. The van der Waals surface area contributed by atoms with Crippen LogP contribution in [0.25, 0.3) is 0 Å². The monoisotopic (exact) mass is 603 g/mol. The van der Waals surface area contributed by atoms with Crippen molar-refractivity contribution in [1.82, 2.24) is 10.2 Å². The highest BCUT2D eigenvalue weighted by Crippen LogP contribution is 2.30. The van der Waals surface area contributed by atoms with Crippen LogP contribution in [0.5, 0.6) is 0 Å². The van der Waals surface area contributed by atoms with Gasteiger partial charge in [-0.15, -0.1) is 0 Å². The summed E-state index contributed by atoms with van der Waals surface area (Å²) in [7, 11) is -4.17. The summed E-state index contributed by atoms with van der Waals surface area (Å²) in [6, 6.07) is 21.1. The molecule has 0 aromatic heterocycles. The van der Waals surface area contributed by atoms with E-state index >= 15 is 0 Å². The minimum atomic E-state index is -4.17. The molecule has 0 saturated heterocycles. The molecular formula is C30H35Cl2N3O4S. The van der Waals surface area contributed by atoms with Gasteiger partial charge in [-0.3, -0.25) is 13.9 Å². The first-order valence-electron chi connectivity index (χ1n) is 13.3. The molecule has 0 aliphatic rings. The fourth-order valence-electron chi connectivity index (χ4n) is 4.29. The number of hydrogen-bond acceptors (Lipinski definition) is 4. The van der Waals surface area contributed by atoms with E-state index in [1.807, 2.05) is 44.2 Å². The summed E-state index contributed by atoms with van der Waals surface area (Å²) < 4.78 is 28.6. The Bertz CT molecular complexity index is 1370. The van der Waals surface area contributed by atoms with Crippen LogP contribution in [0, 0.1) is 0 Å². The summed E-state index contributed by atoms with van der Waals surface area (Å²) >= 11 is 12.3. The molecule has 0 saturated carbocycles. The quantitative estimate of drug-likeness (QED) is 0.230. The fourth-order valence-corrected chi connectivity index (χ4v) is 6.01. The van der Waals surface area contributed by atoms with Gasteiger partial charge in [-0.2, -0.15) is 0 Å². The number of carbonyl (C=O) groups excluding carboxylic acids is 2. The molecular weight excluding hydrogens is 569 g/mol. The first-order chi connectivity index (χ1) is 19.2. The van der Waals surface area contributed by atoms with Gasteiger partial charge in [-0.1, -0.05) is 92.0 Å². The molecule has 0 aliphatic heterocycles. The fraction of sp³-hybridized carbons (Fsp3) is 0.333. The first kappa shape index (κ1) is 31.5. The number of sulfonamides is 1. The van der Waals surface area contributed by atoms with E-state index in [1.54, 1.807) is 18.2 Å². The Morgan fingerprint density at radius 2 is 1.55 bits per heavy atom. The third-order valence-electron chi connectivity index (χ3n) is 6.50. The molecule has 1 N–H and O–H groups in total. The van der Waals surface area contributed by atoms with Crippen LogP contribution < -0.4 is 9.62 Å². The standard InChI is InChI=1S/C30H35Cl2N3O4S/c1-3-5-19-33-30(37)28(4-2)34(20-18-23-12-8-6-9-13-23)29(36)22-35(24-16-17-26(31)27(32)21-24)40(38,39)25-14-10-7-11-15-25/h6-17,21,28H,3-5,18-20,22H2,1-2H3,(H,33,37)/t28-/m1/s1. The maximum Gasteiger partial charge on any atom is 0.264 e. The summed E-state index contributed by atoms with van der Waals surface area (Å²) in [6.07, 6.45) is 2.62. The number of nitrogens with zero attached hydrogens (tertiary/aromatic N) is 2. The Balaban J connectivity index is 1.99. The second kappa shape index (κ2) is 15.1.